The molecule has 19 heavy (non-hydrogen) atoms. The van der Waals surface area contributed by atoms with Crippen molar-refractivity contribution in [2.24, 2.45) is 5.14 Å². The van der Waals surface area contributed by atoms with Crippen LogP contribution < -0.4 is 15.6 Å². The lowest BCUT2D eigenvalue weighted by molar-refractivity contribution is 0.395. The molecular weight excluding hydrogens is 268 g/mol. The molecule has 8 heteroatoms. The molecule has 0 aliphatic rings. The van der Waals surface area contributed by atoms with Gasteiger partial charge in [0.1, 0.15) is 4.90 Å². The van der Waals surface area contributed by atoms with E-state index in [2.05, 4.69) is 9.97 Å². The molecule has 0 radical (unpaired) electrons. The van der Waals surface area contributed by atoms with Crippen molar-refractivity contribution in [1.82, 2.24) is 9.97 Å². The summed E-state index contributed by atoms with van der Waals surface area (Å²) in [4.78, 5) is 7.55. The fourth-order valence-electron chi connectivity index (χ4n) is 1.13. The number of para-hydroxylation sites is 1. The predicted molar refractivity (Wildman–Crippen MR) is 70.8 cm³/mol. The molecule has 7 nitrogen and oxygen atoms in total. The van der Waals surface area contributed by atoms with Gasteiger partial charge in [0.05, 0.1) is 19.0 Å². The maximum absolute atomic E-state index is 10.8. The van der Waals surface area contributed by atoms with Crippen LogP contribution in [0.25, 0.3) is 0 Å². The van der Waals surface area contributed by atoms with Crippen molar-refractivity contribution in [3.05, 3.63) is 42.9 Å². The van der Waals surface area contributed by atoms with Gasteiger partial charge < -0.3 is 10.5 Å². The summed E-state index contributed by atoms with van der Waals surface area (Å²) in [5.74, 6) is 0.549. The minimum atomic E-state index is -3.66. The summed E-state index contributed by atoms with van der Waals surface area (Å²) in [5, 5.41) is 4.85. The molecule has 0 saturated heterocycles. The number of rotatable bonds is 2. The van der Waals surface area contributed by atoms with Crippen molar-refractivity contribution >= 4 is 15.7 Å². The average Bonchev–Trinajstić information content (AvgIpc) is 2.39. The molecule has 2 aromatic rings. The number of anilines is 1. The Labute approximate surface area is 111 Å². The van der Waals surface area contributed by atoms with E-state index in [4.69, 9.17) is 15.6 Å². The predicted octanol–water partition coefficient (Wildman–Crippen LogP) is 0.401. The highest BCUT2D eigenvalue weighted by molar-refractivity contribution is 7.89. The van der Waals surface area contributed by atoms with E-state index in [9.17, 15) is 8.42 Å². The number of benzene rings is 1. The Bertz CT molecular complexity index is 617. The summed E-state index contributed by atoms with van der Waals surface area (Å²) >= 11 is 0. The molecule has 4 N–H and O–H groups in total. The van der Waals surface area contributed by atoms with Gasteiger partial charge in [-0.15, -0.1) is 0 Å². The number of hydrogen-bond acceptors (Lipinski definition) is 6. The molecule has 0 atom stereocenters. The molecule has 2 rings (SSSR count). The van der Waals surface area contributed by atoms with Crippen LogP contribution in [0.4, 0.5) is 5.69 Å². The van der Waals surface area contributed by atoms with Gasteiger partial charge in [0.15, 0.2) is 0 Å². The summed E-state index contributed by atoms with van der Waals surface area (Å²) in [5.41, 5.74) is 5.52. The van der Waals surface area contributed by atoms with Crippen LogP contribution in [0.1, 0.15) is 0 Å². The van der Waals surface area contributed by atoms with Crippen LogP contribution >= 0.6 is 0 Å². The molecule has 0 spiro atoms. The van der Waals surface area contributed by atoms with E-state index in [1.807, 2.05) is 0 Å². The third-order valence-corrected chi connectivity index (χ3v) is 2.96. The Balaban J connectivity index is 0.000000200. The van der Waals surface area contributed by atoms with E-state index >= 15 is 0 Å². The van der Waals surface area contributed by atoms with E-state index in [1.54, 1.807) is 37.8 Å². The molecule has 0 bridgehead atoms. The van der Waals surface area contributed by atoms with Crippen LogP contribution in [0.3, 0.4) is 0 Å². The van der Waals surface area contributed by atoms with Gasteiger partial charge >= 0.3 is 0 Å². The fraction of sp³-hybridized carbons (Fsp3) is 0.0909. The van der Waals surface area contributed by atoms with Crippen molar-refractivity contribution in [3.8, 4) is 5.88 Å². The second kappa shape index (κ2) is 6.66. The Hall–Kier alpha value is -2.19. The number of nitrogens with zero attached hydrogens (tertiary/aromatic N) is 2. The highest BCUT2D eigenvalue weighted by Crippen LogP contribution is 2.14. The number of methoxy groups -OCH3 is 1. The van der Waals surface area contributed by atoms with Crippen molar-refractivity contribution in [2.75, 3.05) is 12.8 Å². The fourth-order valence-corrected chi connectivity index (χ4v) is 1.80. The lowest BCUT2D eigenvalue weighted by Crippen LogP contribution is -2.13. The van der Waals surface area contributed by atoms with E-state index < -0.39 is 10.0 Å². The molecule has 0 fully saturated rings. The van der Waals surface area contributed by atoms with E-state index in [1.165, 1.54) is 12.1 Å². The van der Waals surface area contributed by atoms with Gasteiger partial charge in [-0.1, -0.05) is 12.1 Å². The Morgan fingerprint density at radius 2 is 1.89 bits per heavy atom. The van der Waals surface area contributed by atoms with Crippen molar-refractivity contribution in [1.29, 1.82) is 0 Å². The summed E-state index contributed by atoms with van der Waals surface area (Å²) in [6.07, 6.45) is 4.74. The van der Waals surface area contributed by atoms with Crippen molar-refractivity contribution < 1.29 is 13.2 Å². The number of nitrogens with two attached hydrogens (primary N) is 2. The Morgan fingerprint density at radius 3 is 2.26 bits per heavy atom. The molecule has 1 aromatic heterocycles. The third kappa shape index (κ3) is 4.90. The van der Waals surface area contributed by atoms with Crippen LogP contribution in [0.15, 0.2) is 47.8 Å². The second-order valence-corrected chi connectivity index (χ2v) is 4.86. The van der Waals surface area contributed by atoms with Crippen molar-refractivity contribution in [3.63, 3.8) is 0 Å². The van der Waals surface area contributed by atoms with Gasteiger partial charge in [0.2, 0.25) is 15.9 Å². The van der Waals surface area contributed by atoms with Gasteiger partial charge in [-0.2, -0.15) is 0 Å². The lowest BCUT2D eigenvalue weighted by atomic mass is 10.3. The summed E-state index contributed by atoms with van der Waals surface area (Å²) in [6, 6.07) is 6.06. The summed E-state index contributed by atoms with van der Waals surface area (Å²) < 4.78 is 26.2. The van der Waals surface area contributed by atoms with E-state index in [-0.39, 0.29) is 10.6 Å². The molecule has 1 aromatic carbocycles. The van der Waals surface area contributed by atoms with Gasteiger partial charge in [-0.3, -0.25) is 4.98 Å². The molecule has 0 aliphatic heterocycles. The summed E-state index contributed by atoms with van der Waals surface area (Å²) in [6.45, 7) is 0. The molecule has 0 amide bonds. The number of hydrogen-bond donors (Lipinski definition) is 2. The zero-order valence-corrected chi connectivity index (χ0v) is 11.0. The number of nitrogen functional groups attached to an aromatic ring is 1. The number of ether oxygens (including phenoxy) is 1. The Kier molecular flexibility index (Phi) is 5.22. The standard InChI is InChI=1S/C6H8N2O2S.C5H6N2O/c7-5-3-1-2-4-6(5)11(8,9)10;1-8-5-4-6-2-3-7-5/h1-4H,7H2,(H2,8,9,10);2-4H,1H3. The van der Waals surface area contributed by atoms with Gasteiger partial charge in [-0.25, -0.2) is 18.5 Å². The topological polar surface area (TPSA) is 121 Å². The van der Waals surface area contributed by atoms with E-state index in [0.29, 0.717) is 5.88 Å². The smallest absolute Gasteiger partial charge is 0.240 e. The van der Waals surface area contributed by atoms with Crippen LogP contribution in [0.2, 0.25) is 0 Å². The third-order valence-electron chi connectivity index (χ3n) is 1.97. The largest absolute Gasteiger partial charge is 0.480 e. The van der Waals surface area contributed by atoms with Gasteiger partial charge in [0.25, 0.3) is 0 Å². The quantitative estimate of drug-likeness (QED) is 0.769. The first-order chi connectivity index (χ1) is 8.95. The van der Waals surface area contributed by atoms with Gasteiger partial charge in [0, 0.05) is 12.4 Å². The maximum atomic E-state index is 10.8. The zero-order valence-electron chi connectivity index (χ0n) is 10.2. The first kappa shape index (κ1) is 14.9. The number of aromatic nitrogens is 2. The monoisotopic (exact) mass is 282 g/mol. The average molecular weight is 282 g/mol. The van der Waals surface area contributed by atoms with Crippen LogP contribution in [0.5, 0.6) is 5.88 Å². The maximum Gasteiger partial charge on any atom is 0.240 e. The number of sulfonamides is 1. The van der Waals surface area contributed by atoms with Crippen molar-refractivity contribution in [2.45, 2.75) is 4.90 Å². The van der Waals surface area contributed by atoms with Gasteiger partial charge in [-0.05, 0) is 12.1 Å². The minimum Gasteiger partial charge on any atom is -0.480 e. The van der Waals surface area contributed by atoms with Crippen LogP contribution in [-0.2, 0) is 10.0 Å². The zero-order chi connectivity index (χ0) is 14.3. The van der Waals surface area contributed by atoms with Crippen LogP contribution in [0, 0.1) is 0 Å². The second-order valence-electron chi connectivity index (χ2n) is 3.33. The molecular formula is C11H14N4O3S. The molecule has 1 heterocycles. The summed E-state index contributed by atoms with van der Waals surface area (Å²) in [7, 11) is -2.10. The lowest BCUT2D eigenvalue weighted by Gasteiger charge is -2.00. The minimum absolute atomic E-state index is 0.0278. The molecule has 0 aliphatic carbocycles. The van der Waals surface area contributed by atoms with Crippen LogP contribution in [-0.4, -0.2) is 25.5 Å². The first-order valence-corrected chi connectivity index (χ1v) is 6.67. The highest BCUT2D eigenvalue weighted by Gasteiger charge is 2.09. The SMILES string of the molecule is COc1cnccn1.Nc1ccccc1S(N)(=O)=O. The molecule has 0 unspecified atom stereocenters. The molecule has 102 valence electrons. The Morgan fingerprint density at radius 1 is 1.21 bits per heavy atom. The number of primary sulfonamides is 1. The normalized spacial score (nSPS) is 10.2. The molecule has 0 saturated carbocycles. The highest BCUT2D eigenvalue weighted by atomic mass is 32.2. The first-order valence-electron chi connectivity index (χ1n) is 5.12. The van der Waals surface area contributed by atoms with E-state index in [0.717, 1.165) is 0 Å².